The molecule has 18 heavy (non-hydrogen) atoms. The van der Waals surface area contributed by atoms with Crippen LogP contribution in [0.15, 0.2) is 18.3 Å². The van der Waals surface area contributed by atoms with Crippen LogP contribution in [0.1, 0.15) is 24.8 Å². The molecule has 0 aromatic carbocycles. The van der Waals surface area contributed by atoms with Crippen molar-refractivity contribution < 1.29 is 4.79 Å². The topological polar surface area (TPSA) is 54.0 Å². The summed E-state index contributed by atoms with van der Waals surface area (Å²) in [6, 6.07) is 4.12. The number of hydrogen-bond acceptors (Lipinski definition) is 3. The van der Waals surface area contributed by atoms with Crippen molar-refractivity contribution in [3.05, 3.63) is 23.9 Å². The highest BCUT2D eigenvalue weighted by Gasteiger charge is 2.17. The molecule has 0 bridgehead atoms. The van der Waals surface area contributed by atoms with Gasteiger partial charge in [0.05, 0.1) is 0 Å². The number of aryl methyl sites for hydroxylation is 1. The molecule has 1 saturated heterocycles. The van der Waals surface area contributed by atoms with Crippen molar-refractivity contribution in [2.45, 2.75) is 32.2 Å². The van der Waals surface area contributed by atoms with Crippen LogP contribution >= 0.6 is 24.8 Å². The van der Waals surface area contributed by atoms with Crippen LogP contribution in [0.4, 0.5) is 5.82 Å². The molecule has 1 aliphatic heterocycles. The summed E-state index contributed by atoms with van der Waals surface area (Å²) < 4.78 is 0. The van der Waals surface area contributed by atoms with Crippen molar-refractivity contribution in [3.63, 3.8) is 0 Å². The summed E-state index contributed by atoms with van der Waals surface area (Å²) in [6.45, 7) is 3.01. The molecule has 6 heteroatoms. The minimum Gasteiger partial charge on any atom is -0.313 e. The zero-order valence-corrected chi connectivity index (χ0v) is 11.9. The largest absolute Gasteiger partial charge is 0.313 e. The van der Waals surface area contributed by atoms with Gasteiger partial charge in [-0.25, -0.2) is 4.98 Å². The van der Waals surface area contributed by atoms with Crippen molar-refractivity contribution in [2.75, 3.05) is 11.9 Å². The Morgan fingerprint density at radius 1 is 1.56 bits per heavy atom. The standard InChI is InChI=1S/C12H17N3O.2ClH/c1-9-4-6-14-11(7-9)15-12(16)8-10-3-2-5-13-10;;/h4,6-7,10,13H,2-3,5,8H2,1H3,(H,14,15,16);2*1H. The summed E-state index contributed by atoms with van der Waals surface area (Å²) in [7, 11) is 0. The van der Waals surface area contributed by atoms with Crippen LogP contribution in [0.3, 0.4) is 0 Å². The lowest BCUT2D eigenvalue weighted by Gasteiger charge is -2.10. The molecule has 1 aromatic heterocycles. The van der Waals surface area contributed by atoms with E-state index in [0.717, 1.165) is 18.5 Å². The number of amides is 1. The van der Waals surface area contributed by atoms with Crippen LogP contribution in [0, 0.1) is 6.92 Å². The van der Waals surface area contributed by atoms with E-state index in [1.54, 1.807) is 6.20 Å². The van der Waals surface area contributed by atoms with E-state index in [0.29, 0.717) is 18.3 Å². The molecule has 2 N–H and O–H groups in total. The second-order valence-electron chi connectivity index (χ2n) is 4.26. The summed E-state index contributed by atoms with van der Waals surface area (Å²) in [5.74, 6) is 0.681. The molecule has 1 amide bonds. The number of aromatic nitrogens is 1. The number of carbonyl (C=O) groups is 1. The molecule has 2 rings (SSSR count). The third-order valence-corrected chi connectivity index (χ3v) is 2.78. The van der Waals surface area contributed by atoms with Gasteiger partial charge in [0.15, 0.2) is 0 Å². The molecule has 0 saturated carbocycles. The first-order valence-corrected chi connectivity index (χ1v) is 5.70. The molecule has 0 spiro atoms. The van der Waals surface area contributed by atoms with E-state index in [1.807, 2.05) is 19.1 Å². The van der Waals surface area contributed by atoms with E-state index in [4.69, 9.17) is 0 Å². The highest BCUT2D eigenvalue weighted by molar-refractivity contribution is 5.90. The normalized spacial score (nSPS) is 17.5. The van der Waals surface area contributed by atoms with Crippen molar-refractivity contribution in [2.24, 2.45) is 0 Å². The monoisotopic (exact) mass is 291 g/mol. The number of halogens is 2. The molecule has 2 heterocycles. The van der Waals surface area contributed by atoms with Crippen molar-refractivity contribution in [3.8, 4) is 0 Å². The lowest BCUT2D eigenvalue weighted by Crippen LogP contribution is -2.27. The molecule has 1 fully saturated rings. The maximum Gasteiger partial charge on any atom is 0.227 e. The number of pyridine rings is 1. The second kappa shape index (κ2) is 8.29. The summed E-state index contributed by atoms with van der Waals surface area (Å²) in [5, 5.41) is 6.12. The zero-order valence-electron chi connectivity index (χ0n) is 10.3. The number of rotatable bonds is 3. The van der Waals surface area contributed by atoms with E-state index in [9.17, 15) is 4.79 Å². The fourth-order valence-electron chi connectivity index (χ4n) is 1.95. The molecule has 1 aliphatic rings. The van der Waals surface area contributed by atoms with Gasteiger partial charge in [-0.1, -0.05) is 0 Å². The lowest BCUT2D eigenvalue weighted by atomic mass is 10.1. The lowest BCUT2D eigenvalue weighted by molar-refractivity contribution is -0.116. The third kappa shape index (κ3) is 5.21. The van der Waals surface area contributed by atoms with Crippen molar-refractivity contribution >= 4 is 36.5 Å². The van der Waals surface area contributed by atoms with Gasteiger partial charge in [0.2, 0.25) is 5.91 Å². The van der Waals surface area contributed by atoms with Crippen LogP contribution in [0.2, 0.25) is 0 Å². The maximum atomic E-state index is 11.7. The third-order valence-electron chi connectivity index (χ3n) is 2.78. The van der Waals surface area contributed by atoms with E-state index >= 15 is 0 Å². The van der Waals surface area contributed by atoms with Crippen LogP contribution < -0.4 is 10.6 Å². The fourth-order valence-corrected chi connectivity index (χ4v) is 1.95. The molecule has 1 unspecified atom stereocenters. The van der Waals surface area contributed by atoms with E-state index in [1.165, 1.54) is 6.42 Å². The summed E-state index contributed by atoms with van der Waals surface area (Å²) in [5.41, 5.74) is 1.10. The van der Waals surface area contributed by atoms with Gasteiger partial charge in [0.1, 0.15) is 5.82 Å². The molecule has 0 aliphatic carbocycles. The van der Waals surface area contributed by atoms with Gasteiger partial charge in [-0.3, -0.25) is 4.79 Å². The molecule has 1 aromatic rings. The summed E-state index contributed by atoms with van der Waals surface area (Å²) in [6.07, 6.45) is 4.50. The SMILES string of the molecule is Cc1ccnc(NC(=O)CC2CCCN2)c1.Cl.Cl. The number of anilines is 1. The molecular formula is C12H19Cl2N3O. The Kier molecular flexibility index (Phi) is 7.91. The second-order valence-corrected chi connectivity index (χ2v) is 4.26. The molecule has 0 radical (unpaired) electrons. The van der Waals surface area contributed by atoms with Crippen molar-refractivity contribution in [1.29, 1.82) is 0 Å². The molecular weight excluding hydrogens is 273 g/mol. The van der Waals surface area contributed by atoms with Gasteiger partial charge in [-0.15, -0.1) is 24.8 Å². The van der Waals surface area contributed by atoms with Gasteiger partial charge in [-0.05, 0) is 44.0 Å². The van der Waals surface area contributed by atoms with Gasteiger partial charge >= 0.3 is 0 Å². The predicted octanol–water partition coefficient (Wildman–Crippen LogP) is 2.31. The number of carbonyl (C=O) groups excluding carboxylic acids is 1. The van der Waals surface area contributed by atoms with Crippen LogP contribution in [-0.4, -0.2) is 23.5 Å². The number of nitrogens with zero attached hydrogens (tertiary/aromatic N) is 1. The maximum absolute atomic E-state index is 11.7. The van der Waals surface area contributed by atoms with Gasteiger partial charge < -0.3 is 10.6 Å². The first kappa shape index (κ1) is 17.2. The van der Waals surface area contributed by atoms with Gasteiger partial charge in [-0.2, -0.15) is 0 Å². The number of nitrogens with one attached hydrogen (secondary N) is 2. The van der Waals surface area contributed by atoms with Crippen LogP contribution in [-0.2, 0) is 4.79 Å². The average Bonchev–Trinajstić information content (AvgIpc) is 2.70. The Labute approximate surface area is 120 Å². The van der Waals surface area contributed by atoms with Crippen molar-refractivity contribution in [1.82, 2.24) is 10.3 Å². The smallest absolute Gasteiger partial charge is 0.227 e. The minimum absolute atomic E-state index is 0. The molecule has 1 atom stereocenters. The molecule has 4 nitrogen and oxygen atoms in total. The van der Waals surface area contributed by atoms with E-state index in [2.05, 4.69) is 15.6 Å². The van der Waals surface area contributed by atoms with Gasteiger partial charge in [0.25, 0.3) is 0 Å². The number of hydrogen-bond donors (Lipinski definition) is 2. The first-order chi connectivity index (χ1) is 7.74. The highest BCUT2D eigenvalue weighted by Crippen LogP contribution is 2.11. The van der Waals surface area contributed by atoms with Crippen LogP contribution in [0.5, 0.6) is 0 Å². The predicted molar refractivity (Wildman–Crippen MR) is 77.7 cm³/mol. The Hall–Kier alpha value is -0.840. The fraction of sp³-hybridized carbons (Fsp3) is 0.500. The zero-order chi connectivity index (χ0) is 11.4. The molecule has 102 valence electrons. The Balaban J connectivity index is 0.00000144. The first-order valence-electron chi connectivity index (χ1n) is 5.70. The van der Waals surface area contributed by atoms with Gasteiger partial charge in [0, 0.05) is 18.7 Å². The van der Waals surface area contributed by atoms with E-state index in [-0.39, 0.29) is 30.7 Å². The minimum atomic E-state index is 0. The quantitative estimate of drug-likeness (QED) is 0.899. The Morgan fingerprint density at radius 2 is 2.33 bits per heavy atom. The summed E-state index contributed by atoms with van der Waals surface area (Å²) in [4.78, 5) is 15.8. The Bertz CT molecular complexity index is 381. The summed E-state index contributed by atoms with van der Waals surface area (Å²) >= 11 is 0. The van der Waals surface area contributed by atoms with Crippen LogP contribution in [0.25, 0.3) is 0 Å². The highest BCUT2D eigenvalue weighted by atomic mass is 35.5. The average molecular weight is 292 g/mol. The van der Waals surface area contributed by atoms with E-state index < -0.39 is 0 Å². The Morgan fingerprint density at radius 3 is 2.94 bits per heavy atom.